The van der Waals surface area contributed by atoms with Crippen LogP contribution >= 0.6 is 56.4 Å². The van der Waals surface area contributed by atoms with Crippen LogP contribution in [0.3, 0.4) is 0 Å². The van der Waals surface area contributed by atoms with E-state index in [1.807, 2.05) is 0 Å². The lowest BCUT2D eigenvalue weighted by Crippen LogP contribution is -2.10. The van der Waals surface area contributed by atoms with E-state index < -0.39 is 3.12 Å². The van der Waals surface area contributed by atoms with E-state index in [2.05, 4.69) is 5.32 Å². The highest BCUT2D eigenvalue weighted by atomic mass is 35.6. The van der Waals surface area contributed by atoms with Crippen molar-refractivity contribution in [2.45, 2.75) is 3.12 Å². The number of carbonyl (C=O) groups excluding carboxylic acids is 1. The maximum absolute atomic E-state index is 10.5. The van der Waals surface area contributed by atoms with Crippen LogP contribution in [0, 0.1) is 0 Å². The molecule has 0 saturated heterocycles. The Hall–Kier alpha value is 1.04. The summed E-state index contributed by atoms with van der Waals surface area (Å²) in [5.74, 6) is 0. The van der Waals surface area contributed by atoms with Crippen molar-refractivity contribution in [3.8, 4) is 0 Å². The monoisotopic (exact) mass is 239 g/mol. The van der Waals surface area contributed by atoms with Crippen molar-refractivity contribution < 1.29 is 4.79 Å². The van der Waals surface area contributed by atoms with E-state index in [-0.39, 0.29) is 5.24 Å². The van der Waals surface area contributed by atoms with Crippen LogP contribution in [0.1, 0.15) is 0 Å². The highest BCUT2D eigenvalue weighted by molar-refractivity contribution is 8.83. The van der Waals surface area contributed by atoms with E-state index >= 15 is 0 Å². The second kappa shape index (κ2) is 4.83. The van der Waals surface area contributed by atoms with Gasteiger partial charge in [0.05, 0.1) is 0 Å². The molecule has 0 saturated carbocycles. The minimum absolute atomic E-state index is 0.240. The SMILES string of the molecule is CNC(=O)SSC(Cl)(Cl)Cl. The molecule has 0 spiro atoms. The lowest BCUT2D eigenvalue weighted by Gasteiger charge is -2.06. The number of rotatable bonds is 1. The second-order valence-electron chi connectivity index (χ2n) is 1.15. The molecule has 0 aromatic heterocycles. The molecule has 0 rings (SSSR count). The highest BCUT2D eigenvalue weighted by Gasteiger charge is 2.22. The van der Waals surface area contributed by atoms with Crippen molar-refractivity contribution in [2.75, 3.05) is 7.05 Å². The standard InChI is InChI=1S/C3H4Cl3NOS2/c1-7-2(8)9-10-3(4,5)6/h1H3,(H,7,8). The minimum atomic E-state index is -1.43. The molecule has 0 aliphatic rings. The zero-order valence-corrected chi connectivity index (χ0v) is 8.76. The number of hydrogen-bond donors (Lipinski definition) is 1. The molecule has 1 N–H and O–H groups in total. The van der Waals surface area contributed by atoms with Gasteiger partial charge in [-0.2, -0.15) is 0 Å². The van der Waals surface area contributed by atoms with Gasteiger partial charge in [0.25, 0.3) is 5.24 Å². The molecule has 0 heterocycles. The quantitative estimate of drug-likeness (QED) is 0.564. The molecule has 2 nitrogen and oxygen atoms in total. The number of nitrogens with one attached hydrogen (secondary N) is 1. The number of halogens is 3. The van der Waals surface area contributed by atoms with Crippen LogP contribution in [-0.2, 0) is 0 Å². The number of amides is 1. The highest BCUT2D eigenvalue weighted by Crippen LogP contribution is 2.45. The summed E-state index contributed by atoms with van der Waals surface area (Å²) >= 11 is 16.0. The summed E-state index contributed by atoms with van der Waals surface area (Å²) in [6, 6.07) is 0. The van der Waals surface area contributed by atoms with Gasteiger partial charge in [-0.05, 0) is 10.8 Å². The van der Waals surface area contributed by atoms with E-state index in [0.717, 1.165) is 21.6 Å². The van der Waals surface area contributed by atoms with Crippen molar-refractivity contribution in [2.24, 2.45) is 0 Å². The van der Waals surface area contributed by atoms with E-state index in [1.54, 1.807) is 0 Å². The normalized spacial score (nSPS) is 11.2. The van der Waals surface area contributed by atoms with Crippen molar-refractivity contribution in [1.82, 2.24) is 5.32 Å². The molecule has 0 atom stereocenters. The fourth-order valence-corrected chi connectivity index (χ4v) is 1.99. The molecule has 0 aliphatic heterocycles. The van der Waals surface area contributed by atoms with Gasteiger partial charge in [0.2, 0.25) is 3.12 Å². The minimum Gasteiger partial charge on any atom is -0.349 e. The van der Waals surface area contributed by atoms with Gasteiger partial charge in [0, 0.05) is 17.8 Å². The summed E-state index contributed by atoms with van der Waals surface area (Å²) < 4.78 is -1.43. The maximum Gasteiger partial charge on any atom is 0.289 e. The van der Waals surface area contributed by atoms with Gasteiger partial charge < -0.3 is 5.32 Å². The van der Waals surface area contributed by atoms with Gasteiger partial charge in [-0.3, -0.25) is 4.79 Å². The van der Waals surface area contributed by atoms with Crippen molar-refractivity contribution >= 4 is 61.6 Å². The summed E-state index contributed by atoms with van der Waals surface area (Å²) in [5.41, 5.74) is 0. The first-order valence-electron chi connectivity index (χ1n) is 2.10. The summed E-state index contributed by atoms with van der Waals surface area (Å²) in [4.78, 5) is 10.5. The van der Waals surface area contributed by atoms with Crippen molar-refractivity contribution in [3.63, 3.8) is 0 Å². The average Bonchev–Trinajstić information content (AvgIpc) is 1.81. The summed E-state index contributed by atoms with van der Waals surface area (Å²) in [6.07, 6.45) is 0. The molecule has 1 amide bonds. The first-order chi connectivity index (χ1) is 4.45. The van der Waals surface area contributed by atoms with Gasteiger partial charge in [0.15, 0.2) is 0 Å². The zero-order valence-electron chi connectivity index (χ0n) is 4.86. The third kappa shape index (κ3) is 7.15. The van der Waals surface area contributed by atoms with Crippen molar-refractivity contribution in [1.29, 1.82) is 0 Å². The van der Waals surface area contributed by atoms with Crippen molar-refractivity contribution in [3.05, 3.63) is 0 Å². The van der Waals surface area contributed by atoms with Gasteiger partial charge in [-0.1, -0.05) is 34.8 Å². The Balaban J connectivity index is 3.46. The van der Waals surface area contributed by atoms with Crippen LogP contribution in [0.25, 0.3) is 0 Å². The topological polar surface area (TPSA) is 29.1 Å². The van der Waals surface area contributed by atoms with Crippen LogP contribution in [0.4, 0.5) is 4.79 Å². The average molecular weight is 241 g/mol. The molecule has 10 heavy (non-hydrogen) atoms. The molecule has 0 unspecified atom stereocenters. The number of carbonyl (C=O) groups is 1. The Morgan fingerprint density at radius 2 is 2.00 bits per heavy atom. The van der Waals surface area contributed by atoms with Gasteiger partial charge in [0.1, 0.15) is 0 Å². The van der Waals surface area contributed by atoms with Gasteiger partial charge in [-0.25, -0.2) is 0 Å². The third-order valence-electron chi connectivity index (χ3n) is 0.416. The molecular formula is C3H4Cl3NOS2. The first-order valence-corrected chi connectivity index (χ1v) is 5.38. The first kappa shape index (κ1) is 11.0. The van der Waals surface area contributed by atoms with E-state index in [0.29, 0.717) is 0 Å². The smallest absolute Gasteiger partial charge is 0.289 e. The largest absolute Gasteiger partial charge is 0.349 e. The molecule has 0 aromatic carbocycles. The molecule has 0 aliphatic carbocycles. The summed E-state index contributed by atoms with van der Waals surface area (Å²) in [7, 11) is 3.23. The van der Waals surface area contributed by atoms with E-state index in [9.17, 15) is 4.79 Å². The molecule has 0 fully saturated rings. The summed E-state index contributed by atoms with van der Waals surface area (Å²) in [5, 5.41) is 2.13. The van der Waals surface area contributed by atoms with E-state index in [4.69, 9.17) is 34.8 Å². The fourth-order valence-electron chi connectivity index (χ4n) is 0.127. The zero-order chi connectivity index (χ0) is 8.20. The Kier molecular flexibility index (Phi) is 5.33. The van der Waals surface area contributed by atoms with E-state index in [1.165, 1.54) is 7.05 Å². The second-order valence-corrected chi connectivity index (χ2v) is 6.42. The lowest BCUT2D eigenvalue weighted by atomic mass is 11.2. The molecule has 0 radical (unpaired) electrons. The van der Waals surface area contributed by atoms with Crippen LogP contribution in [0.2, 0.25) is 0 Å². The Labute approximate surface area is 81.7 Å². The molecule has 0 aromatic rings. The summed E-state index contributed by atoms with van der Waals surface area (Å²) in [6.45, 7) is 0. The molecule has 60 valence electrons. The molecular weight excluding hydrogens is 237 g/mol. The molecule has 0 bridgehead atoms. The maximum atomic E-state index is 10.5. The van der Waals surface area contributed by atoms with Crippen LogP contribution < -0.4 is 5.32 Å². The fraction of sp³-hybridized carbons (Fsp3) is 0.667. The Morgan fingerprint density at radius 1 is 1.50 bits per heavy atom. The number of alkyl halides is 3. The van der Waals surface area contributed by atoms with Gasteiger partial charge in [-0.15, -0.1) is 0 Å². The van der Waals surface area contributed by atoms with Crippen LogP contribution in [0.5, 0.6) is 0 Å². The van der Waals surface area contributed by atoms with Gasteiger partial charge >= 0.3 is 0 Å². The molecule has 7 heteroatoms. The van der Waals surface area contributed by atoms with Crippen LogP contribution in [0.15, 0.2) is 0 Å². The number of hydrogen-bond acceptors (Lipinski definition) is 3. The Morgan fingerprint density at radius 3 is 2.30 bits per heavy atom. The lowest BCUT2D eigenvalue weighted by molar-refractivity contribution is 0.262. The Bertz CT molecular complexity index is 125. The third-order valence-corrected chi connectivity index (χ3v) is 4.02. The predicted octanol–water partition coefficient (Wildman–Crippen LogP) is 3.03. The van der Waals surface area contributed by atoms with Crippen LogP contribution in [-0.4, -0.2) is 15.4 Å². The predicted molar refractivity (Wildman–Crippen MR) is 49.9 cm³/mol.